The van der Waals surface area contributed by atoms with Crippen molar-refractivity contribution in [1.29, 1.82) is 0 Å². The summed E-state index contributed by atoms with van der Waals surface area (Å²) in [5.41, 5.74) is 1.79. The predicted molar refractivity (Wildman–Crippen MR) is 116 cm³/mol. The van der Waals surface area contributed by atoms with Gasteiger partial charge in [-0.2, -0.15) is 0 Å². The number of carbonyl (C=O) groups is 1. The van der Waals surface area contributed by atoms with Gasteiger partial charge in [0, 0.05) is 13.7 Å². The Hall–Kier alpha value is -2.64. The highest BCUT2D eigenvalue weighted by atomic mass is 32.2. The van der Waals surface area contributed by atoms with Gasteiger partial charge in [0.25, 0.3) is 5.56 Å². The minimum absolute atomic E-state index is 0.0660. The van der Waals surface area contributed by atoms with Gasteiger partial charge in [-0.25, -0.2) is 4.98 Å². The van der Waals surface area contributed by atoms with E-state index in [0.717, 1.165) is 12.8 Å². The fraction of sp³-hybridized carbons (Fsp3) is 0.318. The van der Waals surface area contributed by atoms with Gasteiger partial charge in [0.15, 0.2) is 5.16 Å². The highest BCUT2D eigenvalue weighted by molar-refractivity contribution is 7.99. The number of carbonyl (C=O) groups excluding carboxylic acids is 1. The highest BCUT2D eigenvalue weighted by Crippen LogP contribution is 2.17. The van der Waals surface area contributed by atoms with Crippen LogP contribution >= 0.6 is 11.8 Å². The smallest absolute Gasteiger partial charge is 0.262 e. The largest absolute Gasteiger partial charge is 0.383 e. The molecule has 0 saturated carbocycles. The topological polar surface area (TPSA) is 73.2 Å². The molecule has 0 aliphatic rings. The van der Waals surface area contributed by atoms with Gasteiger partial charge in [0.05, 0.1) is 29.8 Å². The molecule has 1 aromatic heterocycles. The molecule has 2 aromatic carbocycles. The lowest BCUT2D eigenvalue weighted by molar-refractivity contribution is -0.118. The number of amides is 1. The van der Waals surface area contributed by atoms with Gasteiger partial charge in [-0.3, -0.25) is 14.2 Å². The Bertz CT molecular complexity index is 1010. The highest BCUT2D eigenvalue weighted by Gasteiger charge is 2.13. The van der Waals surface area contributed by atoms with Crippen LogP contribution in [0.1, 0.15) is 12.0 Å². The molecule has 7 heteroatoms. The van der Waals surface area contributed by atoms with E-state index in [4.69, 9.17) is 4.74 Å². The van der Waals surface area contributed by atoms with Gasteiger partial charge in [-0.1, -0.05) is 54.2 Å². The maximum absolute atomic E-state index is 12.8. The number of nitrogens with zero attached hydrogens (tertiary/aromatic N) is 2. The second kappa shape index (κ2) is 10.8. The van der Waals surface area contributed by atoms with Crippen LogP contribution in [0.3, 0.4) is 0 Å². The molecule has 1 amide bonds. The van der Waals surface area contributed by atoms with E-state index < -0.39 is 0 Å². The van der Waals surface area contributed by atoms with Gasteiger partial charge in [0.2, 0.25) is 5.91 Å². The first-order chi connectivity index (χ1) is 14.2. The molecule has 1 N–H and O–H groups in total. The summed E-state index contributed by atoms with van der Waals surface area (Å²) in [5, 5.41) is 4.04. The van der Waals surface area contributed by atoms with Gasteiger partial charge in [-0.15, -0.1) is 0 Å². The van der Waals surface area contributed by atoms with Crippen LogP contribution in [0, 0.1) is 0 Å². The van der Waals surface area contributed by atoms with Crippen LogP contribution in [-0.2, 0) is 22.5 Å². The molecule has 0 aliphatic carbocycles. The number of ether oxygens (including phenoxy) is 1. The minimum atomic E-state index is -0.113. The molecule has 29 heavy (non-hydrogen) atoms. The summed E-state index contributed by atoms with van der Waals surface area (Å²) >= 11 is 1.27. The molecule has 0 saturated heterocycles. The lowest BCUT2D eigenvalue weighted by Crippen LogP contribution is -2.28. The number of fused-ring (bicyclic) bond motifs is 1. The number of para-hydroxylation sites is 1. The Morgan fingerprint density at radius 1 is 1.14 bits per heavy atom. The van der Waals surface area contributed by atoms with E-state index in [1.165, 1.54) is 17.3 Å². The Morgan fingerprint density at radius 2 is 1.90 bits per heavy atom. The van der Waals surface area contributed by atoms with Crippen molar-refractivity contribution in [3.8, 4) is 0 Å². The van der Waals surface area contributed by atoms with Crippen LogP contribution in [-0.4, -0.2) is 41.5 Å². The summed E-state index contributed by atoms with van der Waals surface area (Å²) < 4.78 is 6.70. The molecule has 0 atom stereocenters. The third-order valence-corrected chi connectivity index (χ3v) is 5.46. The Labute approximate surface area is 174 Å². The van der Waals surface area contributed by atoms with E-state index in [1.54, 1.807) is 17.7 Å². The fourth-order valence-electron chi connectivity index (χ4n) is 2.98. The fourth-order valence-corrected chi connectivity index (χ4v) is 3.84. The number of aryl methyl sites for hydroxylation is 1. The van der Waals surface area contributed by atoms with Crippen LogP contribution in [0.5, 0.6) is 0 Å². The lowest BCUT2D eigenvalue weighted by Gasteiger charge is -2.12. The number of rotatable bonds is 10. The molecule has 1 heterocycles. The Kier molecular flexibility index (Phi) is 7.84. The number of hydrogen-bond acceptors (Lipinski definition) is 5. The zero-order valence-electron chi connectivity index (χ0n) is 16.5. The molecule has 0 aliphatic heterocycles. The maximum atomic E-state index is 12.8. The quantitative estimate of drug-likeness (QED) is 0.315. The Balaban J connectivity index is 1.58. The summed E-state index contributed by atoms with van der Waals surface area (Å²) in [6.07, 6.45) is 1.81. The molecule has 6 nitrogen and oxygen atoms in total. The second-order valence-electron chi connectivity index (χ2n) is 6.59. The van der Waals surface area contributed by atoms with Crippen LogP contribution in [0.25, 0.3) is 10.9 Å². The molecule has 0 unspecified atom stereocenters. The van der Waals surface area contributed by atoms with Gasteiger partial charge in [-0.05, 0) is 30.5 Å². The Morgan fingerprint density at radius 3 is 2.69 bits per heavy atom. The normalized spacial score (nSPS) is 10.9. The average Bonchev–Trinajstić information content (AvgIpc) is 2.75. The summed E-state index contributed by atoms with van der Waals surface area (Å²) in [6, 6.07) is 17.4. The first kappa shape index (κ1) is 21.1. The summed E-state index contributed by atoms with van der Waals surface area (Å²) in [6.45, 7) is 1.42. The van der Waals surface area contributed by atoms with E-state index in [9.17, 15) is 9.59 Å². The monoisotopic (exact) mass is 411 g/mol. The maximum Gasteiger partial charge on any atom is 0.262 e. The molecule has 152 valence electrons. The summed E-state index contributed by atoms with van der Waals surface area (Å²) in [7, 11) is 1.59. The van der Waals surface area contributed by atoms with Crippen molar-refractivity contribution in [1.82, 2.24) is 14.9 Å². The average molecular weight is 412 g/mol. The number of benzene rings is 2. The van der Waals surface area contributed by atoms with E-state index >= 15 is 0 Å². The molecule has 3 aromatic rings. The van der Waals surface area contributed by atoms with Crippen LogP contribution < -0.4 is 10.9 Å². The zero-order chi connectivity index (χ0) is 20.5. The van der Waals surface area contributed by atoms with Crippen molar-refractivity contribution in [3.05, 3.63) is 70.5 Å². The first-order valence-corrected chi connectivity index (χ1v) is 10.6. The van der Waals surface area contributed by atoms with Crippen LogP contribution in [0.15, 0.2) is 64.5 Å². The molecule has 0 fully saturated rings. The second-order valence-corrected chi connectivity index (χ2v) is 7.53. The van der Waals surface area contributed by atoms with Crippen molar-refractivity contribution in [2.75, 3.05) is 26.0 Å². The van der Waals surface area contributed by atoms with Gasteiger partial charge >= 0.3 is 0 Å². The number of nitrogens with one attached hydrogen (secondary N) is 1. The van der Waals surface area contributed by atoms with Crippen molar-refractivity contribution in [2.45, 2.75) is 24.5 Å². The van der Waals surface area contributed by atoms with Crippen molar-refractivity contribution in [3.63, 3.8) is 0 Å². The molecule has 0 bridgehead atoms. The van der Waals surface area contributed by atoms with Crippen LogP contribution in [0.2, 0.25) is 0 Å². The number of aromatic nitrogens is 2. The standard InChI is InChI=1S/C22H25N3O3S/c1-28-15-14-25-21(27)18-11-5-6-12-19(18)24-22(25)29-16-20(26)23-13-7-10-17-8-3-2-4-9-17/h2-6,8-9,11-12H,7,10,13-16H2,1H3,(H,23,26). The molecular formula is C22H25N3O3S. The SMILES string of the molecule is COCCn1c(SCC(=O)NCCCc2ccccc2)nc2ccccc2c1=O. The third kappa shape index (κ3) is 5.92. The molecular weight excluding hydrogens is 386 g/mol. The van der Waals surface area contributed by atoms with Gasteiger partial charge in [0.1, 0.15) is 0 Å². The van der Waals surface area contributed by atoms with Crippen molar-refractivity contribution < 1.29 is 9.53 Å². The molecule has 0 spiro atoms. The number of methoxy groups -OCH3 is 1. The number of hydrogen-bond donors (Lipinski definition) is 1. The summed E-state index contributed by atoms with van der Waals surface area (Å²) in [5.74, 6) is 0.145. The summed E-state index contributed by atoms with van der Waals surface area (Å²) in [4.78, 5) is 29.6. The predicted octanol–water partition coefficient (Wildman–Crippen LogP) is 2.88. The van der Waals surface area contributed by atoms with E-state index in [1.807, 2.05) is 36.4 Å². The van der Waals surface area contributed by atoms with Crippen molar-refractivity contribution >= 4 is 28.6 Å². The van der Waals surface area contributed by atoms with E-state index in [-0.39, 0.29) is 17.2 Å². The van der Waals surface area contributed by atoms with E-state index in [2.05, 4.69) is 22.4 Å². The lowest BCUT2D eigenvalue weighted by atomic mass is 10.1. The van der Waals surface area contributed by atoms with E-state index in [0.29, 0.717) is 35.8 Å². The first-order valence-electron chi connectivity index (χ1n) is 9.61. The molecule has 3 rings (SSSR count). The number of thioether (sulfide) groups is 1. The van der Waals surface area contributed by atoms with Gasteiger partial charge < -0.3 is 10.1 Å². The zero-order valence-corrected chi connectivity index (χ0v) is 17.3. The van der Waals surface area contributed by atoms with Crippen molar-refractivity contribution in [2.24, 2.45) is 0 Å². The molecule has 0 radical (unpaired) electrons. The third-order valence-electron chi connectivity index (χ3n) is 4.49. The van der Waals surface area contributed by atoms with Crippen LogP contribution in [0.4, 0.5) is 0 Å². The minimum Gasteiger partial charge on any atom is -0.383 e.